The molecule has 1 heterocycles. The average Bonchev–Trinajstić information content (AvgIpc) is 3.06. The molecule has 2 saturated carbocycles. The largest absolute Gasteiger partial charge is 0.309 e. The summed E-state index contributed by atoms with van der Waals surface area (Å²) in [6, 6.07) is 4.39. The Morgan fingerprint density at radius 3 is 2.57 bits per heavy atom. The van der Waals surface area contributed by atoms with Gasteiger partial charge in [-0.05, 0) is 49.7 Å². The van der Waals surface area contributed by atoms with Crippen LogP contribution in [0.25, 0.3) is 0 Å². The van der Waals surface area contributed by atoms with Crippen molar-refractivity contribution in [3.8, 4) is 0 Å². The van der Waals surface area contributed by atoms with Crippen LogP contribution >= 0.6 is 11.3 Å². The molecule has 0 aliphatic heterocycles. The van der Waals surface area contributed by atoms with E-state index < -0.39 is 10.0 Å². The van der Waals surface area contributed by atoms with E-state index in [0.717, 1.165) is 24.3 Å². The molecule has 3 unspecified atom stereocenters. The lowest BCUT2D eigenvalue weighted by Gasteiger charge is -2.19. The molecular weight excluding hydrogens is 304 g/mol. The van der Waals surface area contributed by atoms with Crippen LogP contribution in [0.3, 0.4) is 0 Å². The fourth-order valence-electron chi connectivity index (χ4n) is 2.92. The molecule has 2 aliphatic rings. The molecule has 0 spiro atoms. The van der Waals surface area contributed by atoms with Crippen molar-refractivity contribution in [3.05, 3.63) is 17.0 Å². The Morgan fingerprint density at radius 2 is 1.95 bits per heavy atom. The number of nitrogens with one attached hydrogen (secondary N) is 2. The van der Waals surface area contributed by atoms with E-state index in [4.69, 9.17) is 0 Å². The minimum absolute atomic E-state index is 0.0835. The molecule has 118 valence electrons. The highest BCUT2D eigenvalue weighted by molar-refractivity contribution is 7.91. The standard InChI is InChI=1S/C15H24N2O2S2/c1-10-3-7-14(11(10)2)17-21(18,19)15-8-6-13(20-15)9-16-12-4-5-12/h6,8,10-12,14,16-17H,3-5,7,9H2,1-2H3. The first-order valence-electron chi connectivity index (χ1n) is 7.80. The van der Waals surface area contributed by atoms with Crippen molar-refractivity contribution in [1.29, 1.82) is 0 Å². The molecule has 4 nitrogen and oxygen atoms in total. The molecule has 2 aliphatic carbocycles. The van der Waals surface area contributed by atoms with Crippen LogP contribution in [0.15, 0.2) is 16.3 Å². The summed E-state index contributed by atoms with van der Waals surface area (Å²) < 4.78 is 28.3. The minimum Gasteiger partial charge on any atom is -0.309 e. The first-order chi connectivity index (χ1) is 9.95. The molecule has 2 N–H and O–H groups in total. The van der Waals surface area contributed by atoms with E-state index >= 15 is 0 Å². The van der Waals surface area contributed by atoms with Crippen LogP contribution in [-0.4, -0.2) is 20.5 Å². The fraction of sp³-hybridized carbons (Fsp3) is 0.733. The summed E-state index contributed by atoms with van der Waals surface area (Å²) in [6.45, 7) is 5.12. The van der Waals surface area contributed by atoms with Crippen LogP contribution in [0.4, 0.5) is 0 Å². The lowest BCUT2D eigenvalue weighted by atomic mass is 9.98. The molecule has 6 heteroatoms. The first-order valence-corrected chi connectivity index (χ1v) is 10.1. The highest BCUT2D eigenvalue weighted by Crippen LogP contribution is 2.33. The Labute approximate surface area is 131 Å². The molecule has 3 atom stereocenters. The third-order valence-electron chi connectivity index (χ3n) is 4.82. The second kappa shape index (κ2) is 5.99. The van der Waals surface area contributed by atoms with Gasteiger partial charge in [-0.25, -0.2) is 13.1 Å². The summed E-state index contributed by atoms with van der Waals surface area (Å²) in [4.78, 5) is 1.09. The van der Waals surface area contributed by atoms with E-state index in [1.54, 1.807) is 6.07 Å². The van der Waals surface area contributed by atoms with Crippen LogP contribution in [0.2, 0.25) is 0 Å². The van der Waals surface area contributed by atoms with Gasteiger partial charge in [0.25, 0.3) is 0 Å². The molecule has 0 bridgehead atoms. The van der Waals surface area contributed by atoms with Gasteiger partial charge in [-0.15, -0.1) is 11.3 Å². The Morgan fingerprint density at radius 1 is 1.19 bits per heavy atom. The molecule has 2 fully saturated rings. The van der Waals surface area contributed by atoms with Gasteiger partial charge in [0.05, 0.1) is 0 Å². The van der Waals surface area contributed by atoms with Crippen molar-refractivity contribution in [2.24, 2.45) is 11.8 Å². The Hall–Kier alpha value is -0.430. The molecular formula is C15H24N2O2S2. The van der Waals surface area contributed by atoms with E-state index in [2.05, 4.69) is 23.9 Å². The minimum atomic E-state index is -3.36. The van der Waals surface area contributed by atoms with E-state index in [1.165, 1.54) is 24.2 Å². The summed E-state index contributed by atoms with van der Waals surface area (Å²) in [5.74, 6) is 1.01. The second-order valence-corrected chi connectivity index (χ2v) is 9.63. The predicted molar refractivity (Wildman–Crippen MR) is 85.9 cm³/mol. The molecule has 21 heavy (non-hydrogen) atoms. The lowest BCUT2D eigenvalue weighted by Crippen LogP contribution is -2.36. The SMILES string of the molecule is CC1CCC(NS(=O)(=O)c2ccc(CNC3CC3)s2)C1C. The fourth-order valence-corrected chi connectivity index (χ4v) is 5.60. The van der Waals surface area contributed by atoms with Crippen LogP contribution in [0, 0.1) is 11.8 Å². The number of hydrogen-bond donors (Lipinski definition) is 2. The third kappa shape index (κ3) is 3.67. The van der Waals surface area contributed by atoms with Gasteiger partial charge in [-0.3, -0.25) is 0 Å². The van der Waals surface area contributed by atoms with Gasteiger partial charge in [0.1, 0.15) is 4.21 Å². The molecule has 0 radical (unpaired) electrons. The number of hydrogen-bond acceptors (Lipinski definition) is 4. The number of thiophene rings is 1. The topological polar surface area (TPSA) is 58.2 Å². The van der Waals surface area contributed by atoms with Gasteiger partial charge >= 0.3 is 0 Å². The monoisotopic (exact) mass is 328 g/mol. The summed E-state index contributed by atoms with van der Waals surface area (Å²) in [5.41, 5.74) is 0. The lowest BCUT2D eigenvalue weighted by molar-refractivity contribution is 0.402. The van der Waals surface area contributed by atoms with Crippen molar-refractivity contribution < 1.29 is 8.42 Å². The maximum absolute atomic E-state index is 12.5. The summed E-state index contributed by atoms with van der Waals surface area (Å²) >= 11 is 1.38. The molecule has 1 aromatic rings. The van der Waals surface area contributed by atoms with Crippen LogP contribution in [0.5, 0.6) is 0 Å². The molecule has 3 rings (SSSR count). The quantitative estimate of drug-likeness (QED) is 0.844. The zero-order valence-electron chi connectivity index (χ0n) is 12.6. The zero-order chi connectivity index (χ0) is 15.0. The van der Waals surface area contributed by atoms with E-state index in [9.17, 15) is 8.42 Å². The smallest absolute Gasteiger partial charge is 0.250 e. The average molecular weight is 329 g/mol. The maximum atomic E-state index is 12.5. The number of sulfonamides is 1. The third-order valence-corrected chi connectivity index (χ3v) is 7.88. The van der Waals surface area contributed by atoms with E-state index in [1.807, 2.05) is 6.07 Å². The Kier molecular flexibility index (Phi) is 4.41. The van der Waals surface area contributed by atoms with Crippen molar-refractivity contribution >= 4 is 21.4 Å². The summed E-state index contributed by atoms with van der Waals surface area (Å²) in [6.07, 6.45) is 4.55. The van der Waals surface area contributed by atoms with Gasteiger partial charge in [-0.2, -0.15) is 0 Å². The highest BCUT2D eigenvalue weighted by Gasteiger charge is 2.33. The molecule has 0 amide bonds. The Bertz CT molecular complexity index is 593. The van der Waals surface area contributed by atoms with Crippen molar-refractivity contribution in [3.63, 3.8) is 0 Å². The highest BCUT2D eigenvalue weighted by atomic mass is 32.2. The van der Waals surface area contributed by atoms with Crippen molar-refractivity contribution in [2.75, 3.05) is 0 Å². The predicted octanol–water partition coefficient (Wildman–Crippen LogP) is 2.71. The van der Waals surface area contributed by atoms with Gasteiger partial charge in [0, 0.05) is 23.5 Å². The van der Waals surface area contributed by atoms with Crippen LogP contribution < -0.4 is 10.0 Å². The molecule has 0 aromatic carbocycles. The van der Waals surface area contributed by atoms with Crippen LogP contribution in [0.1, 0.15) is 44.4 Å². The number of rotatable bonds is 6. The van der Waals surface area contributed by atoms with Crippen LogP contribution in [-0.2, 0) is 16.6 Å². The normalized spacial score (nSPS) is 29.9. The second-order valence-electron chi connectivity index (χ2n) is 6.52. The molecule has 1 aromatic heterocycles. The summed E-state index contributed by atoms with van der Waals surface area (Å²) in [5, 5.41) is 3.42. The van der Waals surface area contributed by atoms with Gasteiger partial charge < -0.3 is 5.32 Å². The van der Waals surface area contributed by atoms with Gasteiger partial charge in [-0.1, -0.05) is 13.8 Å². The van der Waals surface area contributed by atoms with Gasteiger partial charge in [0.15, 0.2) is 0 Å². The molecule has 0 saturated heterocycles. The van der Waals surface area contributed by atoms with Crippen molar-refractivity contribution in [1.82, 2.24) is 10.0 Å². The van der Waals surface area contributed by atoms with E-state index in [-0.39, 0.29) is 6.04 Å². The Balaban J connectivity index is 1.63. The van der Waals surface area contributed by atoms with Gasteiger partial charge in [0.2, 0.25) is 10.0 Å². The van der Waals surface area contributed by atoms with Crippen molar-refractivity contribution in [2.45, 2.75) is 62.4 Å². The van der Waals surface area contributed by atoms with E-state index in [0.29, 0.717) is 22.1 Å². The zero-order valence-corrected chi connectivity index (χ0v) is 14.3. The maximum Gasteiger partial charge on any atom is 0.250 e. The summed E-state index contributed by atoms with van der Waals surface area (Å²) in [7, 11) is -3.36. The first kappa shape index (κ1) is 15.5.